The summed E-state index contributed by atoms with van der Waals surface area (Å²) in [6, 6.07) is 2.95. The highest BCUT2D eigenvalue weighted by molar-refractivity contribution is 6.29. The van der Waals surface area contributed by atoms with Gasteiger partial charge in [-0.1, -0.05) is 18.5 Å². The van der Waals surface area contributed by atoms with Crippen molar-refractivity contribution < 1.29 is 9.59 Å². The lowest BCUT2D eigenvalue weighted by molar-refractivity contribution is -0.132. The van der Waals surface area contributed by atoms with Gasteiger partial charge in [0.2, 0.25) is 5.91 Å². The molecule has 0 radical (unpaired) electrons. The predicted molar refractivity (Wildman–Crippen MR) is 81.4 cm³/mol. The quantitative estimate of drug-likeness (QED) is 0.802. The van der Waals surface area contributed by atoms with Crippen LogP contribution in [-0.4, -0.2) is 53.3 Å². The monoisotopic (exact) mass is 309 g/mol. The summed E-state index contributed by atoms with van der Waals surface area (Å²) in [7, 11) is 3.42. The molecule has 1 atom stereocenters. The molecule has 0 spiro atoms. The Bertz CT molecular complexity index is 560. The van der Waals surface area contributed by atoms with Crippen molar-refractivity contribution in [2.75, 3.05) is 20.6 Å². The fourth-order valence-electron chi connectivity index (χ4n) is 2.59. The van der Waals surface area contributed by atoms with Gasteiger partial charge in [0.1, 0.15) is 11.2 Å². The smallest absolute Gasteiger partial charge is 0.254 e. The van der Waals surface area contributed by atoms with E-state index in [1.54, 1.807) is 31.1 Å². The molecule has 0 aromatic carbocycles. The van der Waals surface area contributed by atoms with Gasteiger partial charge >= 0.3 is 0 Å². The number of nitrogens with zero attached hydrogens (tertiary/aromatic N) is 3. The Balaban J connectivity index is 2.26. The van der Waals surface area contributed by atoms with Crippen LogP contribution in [0.3, 0.4) is 0 Å². The normalized spacial score (nSPS) is 17.9. The zero-order chi connectivity index (χ0) is 15.6. The molecule has 0 bridgehead atoms. The third-order valence-electron chi connectivity index (χ3n) is 3.70. The van der Waals surface area contributed by atoms with Crippen LogP contribution in [0.4, 0.5) is 0 Å². The Hall–Kier alpha value is -1.62. The minimum Gasteiger partial charge on any atom is -0.347 e. The first-order chi connectivity index (χ1) is 9.93. The molecule has 6 heteroatoms. The van der Waals surface area contributed by atoms with Gasteiger partial charge in [-0.15, -0.1) is 0 Å². The molecule has 5 nitrogen and oxygen atoms in total. The third kappa shape index (κ3) is 3.35. The molecule has 114 valence electrons. The van der Waals surface area contributed by atoms with E-state index in [1.165, 1.54) is 4.90 Å². The molecule has 1 fully saturated rings. The fourth-order valence-corrected chi connectivity index (χ4v) is 2.81. The van der Waals surface area contributed by atoms with Gasteiger partial charge in [-0.25, -0.2) is 4.98 Å². The van der Waals surface area contributed by atoms with E-state index < -0.39 is 0 Å². The molecule has 2 amide bonds. The van der Waals surface area contributed by atoms with Crippen LogP contribution in [0.2, 0.25) is 5.15 Å². The summed E-state index contributed by atoms with van der Waals surface area (Å²) in [5.41, 5.74) is 1.28. The summed E-state index contributed by atoms with van der Waals surface area (Å²) in [5.74, 6) is -0.177. The Morgan fingerprint density at radius 3 is 2.76 bits per heavy atom. The van der Waals surface area contributed by atoms with Crippen molar-refractivity contribution in [2.24, 2.45) is 0 Å². The summed E-state index contributed by atoms with van der Waals surface area (Å²) < 4.78 is 0. The molecule has 1 saturated heterocycles. The number of hydrogen-bond donors (Lipinski definition) is 0. The maximum absolute atomic E-state index is 12.7. The number of likely N-dealkylation sites (tertiary alicyclic amines) is 1. The summed E-state index contributed by atoms with van der Waals surface area (Å²) in [6.07, 6.45) is 2.26. The van der Waals surface area contributed by atoms with E-state index in [0.29, 0.717) is 30.1 Å². The molecule has 21 heavy (non-hydrogen) atoms. The first-order valence-corrected chi connectivity index (χ1v) is 7.50. The number of pyridine rings is 1. The van der Waals surface area contributed by atoms with Crippen molar-refractivity contribution in [1.29, 1.82) is 0 Å². The number of carbonyl (C=O) groups is 2. The lowest BCUT2D eigenvalue weighted by Crippen LogP contribution is -2.45. The van der Waals surface area contributed by atoms with Gasteiger partial charge in [-0.3, -0.25) is 9.59 Å². The van der Waals surface area contributed by atoms with Gasteiger partial charge in [0, 0.05) is 31.9 Å². The number of rotatable bonds is 3. The summed E-state index contributed by atoms with van der Waals surface area (Å²) in [5, 5.41) is 0.312. The van der Waals surface area contributed by atoms with Crippen LogP contribution in [0.25, 0.3) is 0 Å². The molecule has 0 saturated carbocycles. The number of amides is 2. The van der Waals surface area contributed by atoms with Gasteiger partial charge in [-0.2, -0.15) is 0 Å². The lowest BCUT2D eigenvalue weighted by atomic mass is 10.1. The third-order valence-corrected chi connectivity index (χ3v) is 3.89. The summed E-state index contributed by atoms with van der Waals surface area (Å²) in [6.45, 7) is 2.56. The second kappa shape index (κ2) is 6.43. The van der Waals surface area contributed by atoms with Gasteiger partial charge in [-0.05, 0) is 31.4 Å². The minimum atomic E-state index is -0.371. The molecule has 0 N–H and O–H groups in total. The van der Waals surface area contributed by atoms with Gasteiger partial charge < -0.3 is 9.80 Å². The average molecular weight is 310 g/mol. The van der Waals surface area contributed by atoms with Crippen LogP contribution in [0.15, 0.2) is 12.1 Å². The Morgan fingerprint density at radius 1 is 1.43 bits per heavy atom. The standard InChI is InChI=1S/C15H20ClN3O2/c1-4-11-8-10(9-13(16)17-11)14(20)19-7-5-6-12(19)15(21)18(2)3/h8-9,12H,4-7H2,1-3H3. The van der Waals surface area contributed by atoms with Crippen molar-refractivity contribution in [1.82, 2.24) is 14.8 Å². The van der Waals surface area contributed by atoms with E-state index in [0.717, 1.165) is 12.1 Å². The van der Waals surface area contributed by atoms with Crippen LogP contribution in [0, 0.1) is 0 Å². The fraction of sp³-hybridized carbons (Fsp3) is 0.533. The summed E-state index contributed by atoms with van der Waals surface area (Å²) >= 11 is 5.97. The Labute approximate surface area is 129 Å². The van der Waals surface area contributed by atoms with Gasteiger partial charge in [0.25, 0.3) is 5.91 Å². The maximum atomic E-state index is 12.7. The number of aromatic nitrogens is 1. The number of likely N-dealkylation sites (N-methyl/N-ethyl adjacent to an activating group) is 1. The molecule has 1 aliphatic rings. The van der Waals surface area contributed by atoms with Crippen molar-refractivity contribution in [3.8, 4) is 0 Å². The Kier molecular flexibility index (Phi) is 4.83. The highest BCUT2D eigenvalue weighted by Crippen LogP contribution is 2.22. The highest BCUT2D eigenvalue weighted by atomic mass is 35.5. The molecule has 2 heterocycles. The topological polar surface area (TPSA) is 53.5 Å². The predicted octanol–water partition coefficient (Wildman–Crippen LogP) is 1.99. The molecule has 0 aliphatic carbocycles. The van der Waals surface area contributed by atoms with E-state index in [2.05, 4.69) is 4.98 Å². The second-order valence-electron chi connectivity index (χ2n) is 5.41. The molecule has 1 aliphatic heterocycles. The van der Waals surface area contributed by atoms with Crippen LogP contribution in [0.1, 0.15) is 35.8 Å². The van der Waals surface area contributed by atoms with E-state index in [-0.39, 0.29) is 17.9 Å². The van der Waals surface area contributed by atoms with Crippen molar-refractivity contribution in [2.45, 2.75) is 32.2 Å². The van der Waals surface area contributed by atoms with Crippen LogP contribution < -0.4 is 0 Å². The number of halogens is 1. The van der Waals surface area contributed by atoms with E-state index in [4.69, 9.17) is 11.6 Å². The molecule has 1 aromatic rings. The van der Waals surface area contributed by atoms with Crippen LogP contribution >= 0.6 is 11.6 Å². The average Bonchev–Trinajstić information content (AvgIpc) is 2.93. The lowest BCUT2D eigenvalue weighted by Gasteiger charge is -2.26. The first-order valence-electron chi connectivity index (χ1n) is 7.12. The minimum absolute atomic E-state index is 0.0308. The van der Waals surface area contributed by atoms with Gasteiger partial charge in [0.15, 0.2) is 0 Å². The molecule has 1 aromatic heterocycles. The zero-order valence-electron chi connectivity index (χ0n) is 12.6. The number of hydrogen-bond acceptors (Lipinski definition) is 3. The zero-order valence-corrected chi connectivity index (χ0v) is 13.4. The SMILES string of the molecule is CCc1cc(C(=O)N2CCCC2C(=O)N(C)C)cc(Cl)n1. The molecular weight excluding hydrogens is 290 g/mol. The molecule has 1 unspecified atom stereocenters. The van der Waals surface area contributed by atoms with E-state index in [9.17, 15) is 9.59 Å². The number of carbonyl (C=O) groups excluding carboxylic acids is 2. The van der Waals surface area contributed by atoms with Crippen molar-refractivity contribution in [3.05, 3.63) is 28.5 Å². The molecular formula is C15H20ClN3O2. The van der Waals surface area contributed by atoms with Gasteiger partial charge in [0.05, 0.1) is 0 Å². The van der Waals surface area contributed by atoms with E-state index in [1.807, 2.05) is 6.92 Å². The van der Waals surface area contributed by atoms with Crippen molar-refractivity contribution >= 4 is 23.4 Å². The van der Waals surface area contributed by atoms with Crippen LogP contribution in [-0.2, 0) is 11.2 Å². The van der Waals surface area contributed by atoms with Crippen LogP contribution in [0.5, 0.6) is 0 Å². The first kappa shape index (κ1) is 15.8. The van der Waals surface area contributed by atoms with E-state index >= 15 is 0 Å². The van der Waals surface area contributed by atoms with Crippen molar-refractivity contribution in [3.63, 3.8) is 0 Å². The highest BCUT2D eigenvalue weighted by Gasteiger charge is 2.35. The largest absolute Gasteiger partial charge is 0.347 e. The Morgan fingerprint density at radius 2 is 2.14 bits per heavy atom. The maximum Gasteiger partial charge on any atom is 0.254 e. The second-order valence-corrected chi connectivity index (χ2v) is 5.80. The summed E-state index contributed by atoms with van der Waals surface area (Å²) in [4.78, 5) is 32.2. The number of aryl methyl sites for hydroxylation is 1. The molecule has 2 rings (SSSR count).